The highest BCUT2D eigenvalue weighted by molar-refractivity contribution is 5.49. The van der Waals surface area contributed by atoms with Gasteiger partial charge in [0.25, 0.3) is 0 Å². The van der Waals surface area contributed by atoms with Gasteiger partial charge in [-0.05, 0) is 24.5 Å². The molecule has 0 bridgehead atoms. The van der Waals surface area contributed by atoms with E-state index in [2.05, 4.69) is 0 Å². The lowest BCUT2D eigenvalue weighted by Gasteiger charge is -2.17. The van der Waals surface area contributed by atoms with Gasteiger partial charge in [-0.1, -0.05) is 0 Å². The van der Waals surface area contributed by atoms with Crippen molar-refractivity contribution < 1.29 is 9.13 Å². The lowest BCUT2D eigenvalue weighted by atomic mass is 10.1. The third kappa shape index (κ3) is 1.11. The fourth-order valence-electron chi connectivity index (χ4n) is 1.39. The Morgan fingerprint density at radius 1 is 1.42 bits per heavy atom. The Kier molecular flexibility index (Phi) is 1.64. The molecule has 12 heavy (non-hydrogen) atoms. The molecule has 3 heteroatoms. The van der Waals surface area contributed by atoms with Gasteiger partial charge >= 0.3 is 0 Å². The second-order valence-electron chi connectivity index (χ2n) is 2.93. The third-order valence-electron chi connectivity index (χ3n) is 2.03. The van der Waals surface area contributed by atoms with Gasteiger partial charge in [0.15, 0.2) is 0 Å². The molecule has 0 radical (unpaired) electrons. The Morgan fingerprint density at radius 2 is 2.25 bits per heavy atom. The number of benzene rings is 1. The van der Waals surface area contributed by atoms with Crippen LogP contribution in [0.5, 0.6) is 5.75 Å². The molecule has 0 aromatic heterocycles. The number of halogens is 1. The molecule has 0 aliphatic carbocycles. The summed E-state index contributed by atoms with van der Waals surface area (Å²) in [4.78, 5) is 0. The van der Waals surface area contributed by atoms with E-state index in [1.165, 1.54) is 6.07 Å². The number of nitrogens with two attached hydrogens (primary N) is 1. The Balaban J connectivity index is 2.49. The van der Waals surface area contributed by atoms with Gasteiger partial charge in [0.2, 0.25) is 0 Å². The molecule has 0 fully saturated rings. The van der Waals surface area contributed by atoms with Crippen molar-refractivity contribution >= 4 is 5.69 Å². The second kappa shape index (κ2) is 2.66. The largest absolute Gasteiger partial charge is 0.493 e. The zero-order valence-electron chi connectivity index (χ0n) is 6.64. The normalized spacial score (nSPS) is 15.1. The first kappa shape index (κ1) is 7.40. The van der Waals surface area contributed by atoms with Crippen LogP contribution < -0.4 is 10.5 Å². The van der Waals surface area contributed by atoms with Crippen molar-refractivity contribution in [3.63, 3.8) is 0 Å². The predicted octanol–water partition coefficient (Wildman–Crippen LogP) is 1.73. The Bertz CT molecular complexity index is 281. The number of hydrogen-bond donors (Lipinski definition) is 1. The number of hydrogen-bond acceptors (Lipinski definition) is 2. The standard InChI is InChI=1S/C9H10FNO/c10-7-5-9-6(4-8(7)11)2-1-3-12-9/h4-5H,1-3,11H2. The minimum absolute atomic E-state index is 0.208. The van der Waals surface area contributed by atoms with Crippen LogP contribution in [0, 0.1) is 5.82 Å². The van der Waals surface area contributed by atoms with Crippen LogP contribution in [0.15, 0.2) is 12.1 Å². The Labute approximate surface area is 70.1 Å². The number of nitrogen functional groups attached to an aromatic ring is 1. The van der Waals surface area contributed by atoms with Crippen molar-refractivity contribution in [2.24, 2.45) is 0 Å². The SMILES string of the molecule is Nc1cc2c(cc1F)OCCC2. The molecule has 2 rings (SSSR count). The minimum Gasteiger partial charge on any atom is -0.493 e. The number of anilines is 1. The molecule has 2 N–H and O–H groups in total. The van der Waals surface area contributed by atoms with Crippen LogP contribution in [0.2, 0.25) is 0 Å². The first-order valence-corrected chi connectivity index (χ1v) is 3.98. The van der Waals surface area contributed by atoms with Crippen LogP contribution in [0.4, 0.5) is 10.1 Å². The molecule has 1 aromatic carbocycles. The fraction of sp³-hybridized carbons (Fsp3) is 0.333. The number of aryl methyl sites for hydroxylation is 1. The zero-order chi connectivity index (χ0) is 8.55. The molecule has 0 amide bonds. The summed E-state index contributed by atoms with van der Waals surface area (Å²) >= 11 is 0. The number of rotatable bonds is 0. The summed E-state index contributed by atoms with van der Waals surface area (Å²) in [6.07, 6.45) is 1.91. The minimum atomic E-state index is -0.393. The van der Waals surface area contributed by atoms with Crippen LogP contribution in [0.25, 0.3) is 0 Å². The maximum absolute atomic E-state index is 12.9. The van der Waals surface area contributed by atoms with Crippen molar-refractivity contribution in [2.45, 2.75) is 12.8 Å². The van der Waals surface area contributed by atoms with Crippen molar-refractivity contribution in [3.8, 4) is 5.75 Å². The van der Waals surface area contributed by atoms with E-state index in [0.29, 0.717) is 12.4 Å². The maximum Gasteiger partial charge on any atom is 0.149 e. The number of ether oxygens (including phenoxy) is 1. The van der Waals surface area contributed by atoms with Crippen LogP contribution in [0.3, 0.4) is 0 Å². The van der Waals surface area contributed by atoms with Crippen molar-refractivity contribution in [1.29, 1.82) is 0 Å². The summed E-state index contributed by atoms with van der Waals surface area (Å²) < 4.78 is 18.2. The van der Waals surface area contributed by atoms with Gasteiger partial charge in [-0.25, -0.2) is 4.39 Å². The van der Waals surface area contributed by atoms with Gasteiger partial charge in [-0.15, -0.1) is 0 Å². The molecule has 0 unspecified atom stereocenters. The van der Waals surface area contributed by atoms with E-state index in [1.807, 2.05) is 0 Å². The molecule has 0 spiro atoms. The quantitative estimate of drug-likeness (QED) is 0.597. The third-order valence-corrected chi connectivity index (χ3v) is 2.03. The lowest BCUT2D eigenvalue weighted by molar-refractivity contribution is 0.287. The molecule has 0 atom stereocenters. The van der Waals surface area contributed by atoms with E-state index in [4.69, 9.17) is 10.5 Å². The molecule has 0 saturated carbocycles. The average molecular weight is 167 g/mol. The average Bonchev–Trinajstić information content (AvgIpc) is 2.07. The smallest absolute Gasteiger partial charge is 0.149 e. The second-order valence-corrected chi connectivity index (χ2v) is 2.93. The summed E-state index contributed by atoms with van der Waals surface area (Å²) in [6, 6.07) is 3.02. The molecule has 1 heterocycles. The molecule has 1 aliphatic rings. The molecule has 0 saturated heterocycles. The number of fused-ring (bicyclic) bond motifs is 1. The molecule has 1 aliphatic heterocycles. The fourth-order valence-corrected chi connectivity index (χ4v) is 1.39. The zero-order valence-corrected chi connectivity index (χ0v) is 6.64. The van der Waals surface area contributed by atoms with E-state index >= 15 is 0 Å². The molecule has 1 aromatic rings. The lowest BCUT2D eigenvalue weighted by Crippen LogP contribution is -2.09. The van der Waals surface area contributed by atoms with E-state index < -0.39 is 5.82 Å². The van der Waals surface area contributed by atoms with Gasteiger partial charge in [-0.2, -0.15) is 0 Å². The molecular formula is C9H10FNO. The van der Waals surface area contributed by atoms with Gasteiger partial charge in [-0.3, -0.25) is 0 Å². The van der Waals surface area contributed by atoms with Crippen molar-refractivity contribution in [2.75, 3.05) is 12.3 Å². The highest BCUT2D eigenvalue weighted by Gasteiger charge is 2.12. The summed E-state index contributed by atoms with van der Waals surface area (Å²) in [5.41, 5.74) is 6.64. The summed E-state index contributed by atoms with van der Waals surface area (Å²) in [5, 5.41) is 0. The van der Waals surface area contributed by atoms with Gasteiger partial charge < -0.3 is 10.5 Å². The van der Waals surface area contributed by atoms with E-state index in [1.54, 1.807) is 6.07 Å². The van der Waals surface area contributed by atoms with Crippen LogP contribution in [-0.2, 0) is 6.42 Å². The highest BCUT2D eigenvalue weighted by atomic mass is 19.1. The van der Waals surface area contributed by atoms with Crippen LogP contribution in [-0.4, -0.2) is 6.61 Å². The molecule has 2 nitrogen and oxygen atoms in total. The Hall–Kier alpha value is -1.25. The first-order chi connectivity index (χ1) is 5.77. The van der Waals surface area contributed by atoms with Crippen molar-refractivity contribution in [3.05, 3.63) is 23.5 Å². The monoisotopic (exact) mass is 167 g/mol. The molecule has 64 valence electrons. The summed E-state index contributed by atoms with van der Waals surface area (Å²) in [6.45, 7) is 0.677. The summed E-state index contributed by atoms with van der Waals surface area (Å²) in [5.74, 6) is 0.253. The van der Waals surface area contributed by atoms with E-state index in [-0.39, 0.29) is 5.69 Å². The van der Waals surface area contributed by atoms with E-state index in [9.17, 15) is 4.39 Å². The van der Waals surface area contributed by atoms with Gasteiger partial charge in [0.1, 0.15) is 11.6 Å². The first-order valence-electron chi connectivity index (χ1n) is 3.98. The maximum atomic E-state index is 12.9. The van der Waals surface area contributed by atoms with E-state index in [0.717, 1.165) is 18.4 Å². The predicted molar refractivity (Wildman–Crippen MR) is 44.6 cm³/mol. The summed E-state index contributed by atoms with van der Waals surface area (Å²) in [7, 11) is 0. The van der Waals surface area contributed by atoms with Crippen LogP contribution in [0.1, 0.15) is 12.0 Å². The van der Waals surface area contributed by atoms with Crippen LogP contribution >= 0.6 is 0 Å². The van der Waals surface area contributed by atoms with Crippen molar-refractivity contribution in [1.82, 2.24) is 0 Å². The van der Waals surface area contributed by atoms with Gasteiger partial charge in [0.05, 0.1) is 12.3 Å². The van der Waals surface area contributed by atoms with Gasteiger partial charge in [0, 0.05) is 6.07 Å². The Morgan fingerprint density at radius 3 is 3.08 bits per heavy atom. The molecular weight excluding hydrogens is 157 g/mol. The highest BCUT2D eigenvalue weighted by Crippen LogP contribution is 2.28. The topological polar surface area (TPSA) is 35.2 Å².